The predicted molar refractivity (Wildman–Crippen MR) is 88.4 cm³/mol. The summed E-state index contributed by atoms with van der Waals surface area (Å²) in [4.78, 5) is 22.0. The average Bonchev–Trinajstić information content (AvgIpc) is 2.76. The van der Waals surface area contributed by atoms with Crippen molar-refractivity contribution < 1.29 is 27.9 Å². The molecule has 0 atom stereocenters. The zero-order valence-corrected chi connectivity index (χ0v) is 15.9. The molecule has 0 saturated heterocycles. The molecule has 0 aliphatic heterocycles. The molecule has 0 aromatic carbocycles. The molecule has 1 aromatic rings. The minimum absolute atomic E-state index is 0.0295. The third-order valence-electron chi connectivity index (χ3n) is 2.24. The Balaban J connectivity index is 2.57. The maximum absolute atomic E-state index is 12.1. The van der Waals surface area contributed by atoms with Gasteiger partial charge in [-0.25, -0.2) is 22.7 Å². The number of hydrogen-bond donors (Lipinski definition) is 3. The Morgan fingerprint density at radius 2 is 1.96 bits per heavy atom. The third-order valence-corrected chi connectivity index (χ3v) is 5.94. The second-order valence-electron chi connectivity index (χ2n) is 5.38. The summed E-state index contributed by atoms with van der Waals surface area (Å²) in [5.41, 5.74) is -0.641. The largest absolute Gasteiger partial charge is 0.477 e. The maximum atomic E-state index is 12.1. The Morgan fingerprint density at radius 3 is 2.43 bits per heavy atom. The van der Waals surface area contributed by atoms with Crippen molar-refractivity contribution in [3.05, 3.63) is 14.7 Å². The van der Waals surface area contributed by atoms with E-state index >= 15 is 0 Å². The van der Waals surface area contributed by atoms with Gasteiger partial charge in [0.05, 0.1) is 3.79 Å². The quantitative estimate of drug-likeness (QED) is 0.595. The Morgan fingerprint density at radius 1 is 1.35 bits per heavy atom. The Kier molecular flexibility index (Phi) is 6.57. The van der Waals surface area contributed by atoms with Gasteiger partial charge in [0, 0.05) is 13.1 Å². The fourth-order valence-electron chi connectivity index (χ4n) is 1.38. The van der Waals surface area contributed by atoms with E-state index in [1.54, 1.807) is 20.8 Å². The second kappa shape index (κ2) is 7.60. The van der Waals surface area contributed by atoms with Crippen molar-refractivity contribution in [1.82, 2.24) is 10.0 Å². The molecule has 1 amide bonds. The lowest BCUT2D eigenvalue weighted by atomic mass is 10.2. The molecular weight excluding hydrogens is 412 g/mol. The second-order valence-corrected chi connectivity index (χ2v) is 9.49. The molecule has 1 heterocycles. The Bertz CT molecular complexity index is 693. The van der Waals surface area contributed by atoms with E-state index < -0.39 is 27.7 Å². The number of rotatable bonds is 6. The van der Waals surface area contributed by atoms with Gasteiger partial charge in [-0.1, -0.05) is 0 Å². The van der Waals surface area contributed by atoms with Gasteiger partial charge in [0.1, 0.15) is 15.4 Å². The van der Waals surface area contributed by atoms with E-state index in [9.17, 15) is 18.0 Å². The van der Waals surface area contributed by atoms with E-state index in [-0.39, 0.29) is 26.6 Å². The summed E-state index contributed by atoms with van der Waals surface area (Å²) in [6, 6.07) is 1.07. The van der Waals surface area contributed by atoms with Crippen LogP contribution in [0.2, 0.25) is 0 Å². The van der Waals surface area contributed by atoms with E-state index in [2.05, 4.69) is 26.0 Å². The Labute approximate surface area is 146 Å². The number of carboxylic acids is 1. The average molecular weight is 429 g/mol. The fraction of sp³-hybridized carbons (Fsp3) is 0.500. The van der Waals surface area contributed by atoms with Crippen molar-refractivity contribution in [1.29, 1.82) is 0 Å². The normalized spacial score (nSPS) is 12.0. The summed E-state index contributed by atoms with van der Waals surface area (Å²) in [5.74, 6) is -1.20. The Hall–Kier alpha value is -1.17. The summed E-state index contributed by atoms with van der Waals surface area (Å²) < 4.78 is 31.7. The van der Waals surface area contributed by atoms with Crippen LogP contribution >= 0.6 is 27.3 Å². The van der Waals surface area contributed by atoms with E-state index in [4.69, 9.17) is 9.84 Å². The molecular formula is C12H17BrN2O6S2. The molecule has 11 heteroatoms. The van der Waals surface area contributed by atoms with Crippen LogP contribution in [0.1, 0.15) is 30.4 Å². The number of carboxylic acid groups (broad SMARTS) is 1. The van der Waals surface area contributed by atoms with E-state index in [1.807, 2.05) is 0 Å². The first-order chi connectivity index (χ1) is 10.4. The minimum Gasteiger partial charge on any atom is -0.477 e. The van der Waals surface area contributed by atoms with E-state index in [1.165, 1.54) is 0 Å². The van der Waals surface area contributed by atoms with Crippen molar-refractivity contribution in [3.63, 3.8) is 0 Å². The highest BCUT2D eigenvalue weighted by Gasteiger charge is 2.23. The maximum Gasteiger partial charge on any atom is 0.407 e. The number of carbonyl (C=O) groups is 2. The summed E-state index contributed by atoms with van der Waals surface area (Å²) in [6.07, 6.45) is -0.651. The fourth-order valence-corrected chi connectivity index (χ4v) is 4.82. The standard InChI is InChI=1S/C12H17BrN2O6S2/c1-12(2,3)21-11(18)14-4-5-15-23(19,20)8-6-7(10(16)17)22-9(8)13/h6,15H,4-5H2,1-3H3,(H,14,18)(H,16,17). The number of hydrogen-bond acceptors (Lipinski definition) is 6. The first-order valence-electron chi connectivity index (χ1n) is 6.41. The van der Waals surface area contributed by atoms with Crippen LogP contribution in [0.25, 0.3) is 0 Å². The molecule has 0 fully saturated rings. The molecule has 0 unspecified atom stereocenters. The van der Waals surface area contributed by atoms with Crippen molar-refractivity contribution >= 4 is 49.4 Å². The van der Waals surface area contributed by atoms with Crippen molar-refractivity contribution in [3.8, 4) is 0 Å². The van der Waals surface area contributed by atoms with Crippen molar-refractivity contribution in [2.24, 2.45) is 0 Å². The van der Waals surface area contributed by atoms with Crippen LogP contribution in [0.4, 0.5) is 4.79 Å². The van der Waals surface area contributed by atoms with Crippen LogP contribution in [0.5, 0.6) is 0 Å². The molecule has 0 aliphatic rings. The molecule has 1 rings (SSSR count). The molecule has 23 heavy (non-hydrogen) atoms. The van der Waals surface area contributed by atoms with Gasteiger partial charge in [-0.3, -0.25) is 0 Å². The predicted octanol–water partition coefficient (Wildman–Crippen LogP) is 2.01. The van der Waals surface area contributed by atoms with Crippen LogP contribution in [-0.2, 0) is 14.8 Å². The number of amides is 1. The SMILES string of the molecule is CC(C)(C)OC(=O)NCCNS(=O)(=O)c1cc(C(=O)O)sc1Br. The van der Waals surface area contributed by atoms with Gasteiger partial charge in [-0.05, 0) is 42.8 Å². The van der Waals surface area contributed by atoms with Crippen LogP contribution < -0.4 is 10.0 Å². The molecule has 0 bridgehead atoms. The van der Waals surface area contributed by atoms with Crippen LogP contribution in [0, 0.1) is 0 Å². The summed E-state index contributed by atoms with van der Waals surface area (Å²) in [6.45, 7) is 5.10. The summed E-state index contributed by atoms with van der Waals surface area (Å²) in [7, 11) is -3.88. The number of halogens is 1. The molecule has 1 aromatic heterocycles. The number of thiophene rings is 1. The van der Waals surface area contributed by atoms with Gasteiger partial charge in [0.15, 0.2) is 0 Å². The van der Waals surface area contributed by atoms with E-state index in [0.29, 0.717) is 0 Å². The van der Waals surface area contributed by atoms with Crippen molar-refractivity contribution in [2.75, 3.05) is 13.1 Å². The van der Waals surface area contributed by atoms with Gasteiger partial charge < -0.3 is 15.2 Å². The zero-order valence-electron chi connectivity index (χ0n) is 12.7. The van der Waals surface area contributed by atoms with Gasteiger partial charge in [0.25, 0.3) is 0 Å². The number of sulfonamides is 1. The van der Waals surface area contributed by atoms with Gasteiger partial charge in [-0.15, -0.1) is 11.3 Å². The summed E-state index contributed by atoms with van der Waals surface area (Å²) in [5, 5.41) is 11.3. The molecule has 3 N–H and O–H groups in total. The lowest BCUT2D eigenvalue weighted by Gasteiger charge is -2.19. The highest BCUT2D eigenvalue weighted by atomic mass is 79.9. The van der Waals surface area contributed by atoms with Gasteiger partial charge in [0.2, 0.25) is 10.0 Å². The first kappa shape index (κ1) is 19.9. The molecule has 0 spiro atoms. The summed E-state index contributed by atoms with van der Waals surface area (Å²) >= 11 is 3.84. The monoisotopic (exact) mass is 428 g/mol. The smallest absolute Gasteiger partial charge is 0.407 e. The molecule has 0 saturated carbocycles. The topological polar surface area (TPSA) is 122 Å². The van der Waals surface area contributed by atoms with Crippen LogP contribution in [0.15, 0.2) is 14.7 Å². The molecule has 130 valence electrons. The third kappa shape index (κ3) is 6.45. The highest BCUT2D eigenvalue weighted by Crippen LogP contribution is 2.31. The zero-order chi connectivity index (χ0) is 17.8. The number of alkyl carbamates (subject to hydrolysis) is 1. The van der Waals surface area contributed by atoms with Gasteiger partial charge in [-0.2, -0.15) is 0 Å². The molecule has 8 nitrogen and oxygen atoms in total. The van der Waals surface area contributed by atoms with Crippen LogP contribution in [0.3, 0.4) is 0 Å². The van der Waals surface area contributed by atoms with E-state index in [0.717, 1.165) is 17.4 Å². The van der Waals surface area contributed by atoms with Crippen LogP contribution in [-0.4, -0.2) is 44.3 Å². The lowest BCUT2D eigenvalue weighted by Crippen LogP contribution is -2.37. The molecule has 0 aliphatic carbocycles. The van der Waals surface area contributed by atoms with Gasteiger partial charge >= 0.3 is 12.1 Å². The first-order valence-corrected chi connectivity index (χ1v) is 9.51. The minimum atomic E-state index is -3.88. The lowest BCUT2D eigenvalue weighted by molar-refractivity contribution is 0.0528. The number of ether oxygens (including phenoxy) is 1. The molecule has 0 radical (unpaired) electrons. The number of nitrogens with one attached hydrogen (secondary N) is 2. The highest BCUT2D eigenvalue weighted by molar-refractivity contribution is 9.11. The van der Waals surface area contributed by atoms with Crippen molar-refractivity contribution in [2.45, 2.75) is 31.3 Å². The number of aromatic carboxylic acids is 1. The number of carbonyl (C=O) groups excluding carboxylic acids is 1.